The highest BCUT2D eigenvalue weighted by Crippen LogP contribution is 2.33. The van der Waals surface area contributed by atoms with Crippen molar-refractivity contribution in [3.8, 4) is 5.75 Å². The van der Waals surface area contributed by atoms with Gasteiger partial charge in [0.05, 0.1) is 7.11 Å². The molecule has 1 aromatic carbocycles. The zero-order valence-electron chi connectivity index (χ0n) is 13.3. The van der Waals surface area contributed by atoms with Crippen LogP contribution in [0.1, 0.15) is 50.6 Å². The largest absolute Gasteiger partial charge is 0.497 e. The lowest BCUT2D eigenvalue weighted by molar-refractivity contribution is 0.303. The molecule has 4 atom stereocenters. The van der Waals surface area contributed by atoms with Crippen LogP contribution in [0, 0.1) is 5.92 Å². The van der Waals surface area contributed by atoms with E-state index < -0.39 is 0 Å². The number of hydrogen-bond acceptors (Lipinski definition) is 3. The summed E-state index contributed by atoms with van der Waals surface area (Å²) in [5, 5.41) is 7.58. The van der Waals surface area contributed by atoms with Crippen molar-refractivity contribution in [1.82, 2.24) is 10.6 Å². The lowest BCUT2D eigenvalue weighted by atomic mass is 9.92. The fourth-order valence-electron chi connectivity index (χ4n) is 4.08. The first-order chi connectivity index (χ1) is 10.3. The molecule has 3 unspecified atom stereocenters. The third kappa shape index (κ3) is 3.41. The first-order valence-corrected chi connectivity index (χ1v) is 8.41. The smallest absolute Gasteiger partial charge is 0.119 e. The molecule has 0 spiro atoms. The Labute approximate surface area is 128 Å². The van der Waals surface area contributed by atoms with Gasteiger partial charge >= 0.3 is 0 Å². The Morgan fingerprint density at radius 2 is 2.14 bits per heavy atom. The van der Waals surface area contributed by atoms with Crippen LogP contribution in [0.2, 0.25) is 0 Å². The average molecular weight is 288 g/mol. The van der Waals surface area contributed by atoms with E-state index in [2.05, 4.69) is 35.8 Å². The summed E-state index contributed by atoms with van der Waals surface area (Å²) in [5.74, 6) is 1.75. The second-order valence-corrected chi connectivity index (χ2v) is 6.57. The predicted molar refractivity (Wildman–Crippen MR) is 86.7 cm³/mol. The first-order valence-electron chi connectivity index (χ1n) is 8.41. The van der Waals surface area contributed by atoms with Crippen LogP contribution in [0.5, 0.6) is 5.75 Å². The van der Waals surface area contributed by atoms with Crippen LogP contribution in [0.25, 0.3) is 0 Å². The lowest BCUT2D eigenvalue weighted by Gasteiger charge is -2.29. The van der Waals surface area contributed by atoms with Gasteiger partial charge in [-0.15, -0.1) is 0 Å². The molecular weight excluding hydrogens is 260 g/mol. The van der Waals surface area contributed by atoms with E-state index >= 15 is 0 Å². The fourth-order valence-corrected chi connectivity index (χ4v) is 4.08. The van der Waals surface area contributed by atoms with E-state index in [0.29, 0.717) is 12.1 Å². The lowest BCUT2D eigenvalue weighted by Crippen LogP contribution is -2.42. The van der Waals surface area contributed by atoms with E-state index in [1.54, 1.807) is 7.11 Å². The third-order valence-electron chi connectivity index (χ3n) is 5.24. The zero-order chi connectivity index (χ0) is 14.7. The molecule has 2 fully saturated rings. The van der Waals surface area contributed by atoms with E-state index in [9.17, 15) is 0 Å². The van der Waals surface area contributed by atoms with E-state index in [0.717, 1.165) is 17.7 Å². The van der Waals surface area contributed by atoms with Gasteiger partial charge in [-0.05, 0) is 62.8 Å². The maximum absolute atomic E-state index is 5.34. The Morgan fingerprint density at radius 3 is 2.90 bits per heavy atom. The van der Waals surface area contributed by atoms with Crippen molar-refractivity contribution in [3.63, 3.8) is 0 Å². The van der Waals surface area contributed by atoms with Gasteiger partial charge in [-0.2, -0.15) is 0 Å². The van der Waals surface area contributed by atoms with Crippen LogP contribution in [-0.2, 0) is 0 Å². The molecule has 1 saturated carbocycles. The molecule has 1 aliphatic heterocycles. The minimum atomic E-state index is 0.382. The average Bonchev–Trinajstić information content (AvgIpc) is 3.18. The van der Waals surface area contributed by atoms with Crippen molar-refractivity contribution in [3.05, 3.63) is 29.8 Å². The van der Waals surface area contributed by atoms with Crippen LogP contribution in [0.15, 0.2) is 24.3 Å². The van der Waals surface area contributed by atoms with Crippen molar-refractivity contribution in [2.45, 2.75) is 57.2 Å². The van der Waals surface area contributed by atoms with Gasteiger partial charge in [0.2, 0.25) is 0 Å². The zero-order valence-corrected chi connectivity index (χ0v) is 13.3. The normalized spacial score (nSPS) is 30.5. The minimum absolute atomic E-state index is 0.382. The van der Waals surface area contributed by atoms with Crippen molar-refractivity contribution in [2.75, 3.05) is 13.7 Å². The molecule has 1 heterocycles. The molecule has 3 rings (SSSR count). The first kappa shape index (κ1) is 14.9. The molecule has 3 nitrogen and oxygen atoms in total. The minimum Gasteiger partial charge on any atom is -0.497 e. The van der Waals surface area contributed by atoms with E-state index in [4.69, 9.17) is 4.74 Å². The summed E-state index contributed by atoms with van der Waals surface area (Å²) < 4.78 is 5.34. The Hall–Kier alpha value is -1.06. The number of nitrogens with one attached hydrogen (secondary N) is 2. The Bertz CT molecular complexity index is 456. The monoisotopic (exact) mass is 288 g/mol. The molecule has 2 N–H and O–H groups in total. The van der Waals surface area contributed by atoms with Gasteiger partial charge in [0, 0.05) is 18.1 Å². The van der Waals surface area contributed by atoms with Crippen molar-refractivity contribution in [1.29, 1.82) is 0 Å². The number of ether oxygens (including phenoxy) is 1. The molecule has 1 aromatic rings. The van der Waals surface area contributed by atoms with E-state index in [1.807, 2.05) is 6.07 Å². The van der Waals surface area contributed by atoms with Gasteiger partial charge < -0.3 is 15.4 Å². The van der Waals surface area contributed by atoms with Crippen LogP contribution < -0.4 is 15.4 Å². The molecule has 1 aliphatic carbocycles. The molecule has 3 heteroatoms. The van der Waals surface area contributed by atoms with Crippen LogP contribution in [0.4, 0.5) is 0 Å². The standard InChI is InChI=1S/C18H28N2O/c1-13(14-6-3-7-15(12-14)21-2)20-18-9-4-8-16(18)17-10-5-11-19-17/h3,6-7,12-13,16-20H,4-5,8-11H2,1-2H3/t13-,16?,17?,18?/m1/s1. The maximum atomic E-state index is 5.34. The van der Waals surface area contributed by atoms with E-state index in [1.165, 1.54) is 44.2 Å². The van der Waals surface area contributed by atoms with Gasteiger partial charge in [-0.1, -0.05) is 18.6 Å². The highest BCUT2D eigenvalue weighted by molar-refractivity contribution is 5.30. The van der Waals surface area contributed by atoms with Crippen molar-refractivity contribution >= 4 is 0 Å². The van der Waals surface area contributed by atoms with Crippen molar-refractivity contribution in [2.24, 2.45) is 5.92 Å². The van der Waals surface area contributed by atoms with Gasteiger partial charge in [0.1, 0.15) is 5.75 Å². The van der Waals surface area contributed by atoms with Gasteiger partial charge in [-0.25, -0.2) is 0 Å². The molecule has 0 amide bonds. The summed E-state index contributed by atoms with van der Waals surface area (Å²) in [6, 6.07) is 10.2. The molecule has 2 aliphatic rings. The second-order valence-electron chi connectivity index (χ2n) is 6.57. The molecule has 1 saturated heterocycles. The van der Waals surface area contributed by atoms with Gasteiger partial charge in [0.25, 0.3) is 0 Å². The summed E-state index contributed by atoms with van der Waals surface area (Å²) in [6.07, 6.45) is 6.76. The molecule has 21 heavy (non-hydrogen) atoms. The Morgan fingerprint density at radius 1 is 1.24 bits per heavy atom. The number of hydrogen-bond donors (Lipinski definition) is 2. The van der Waals surface area contributed by atoms with Crippen LogP contribution >= 0.6 is 0 Å². The van der Waals surface area contributed by atoms with Crippen LogP contribution in [-0.4, -0.2) is 25.7 Å². The second kappa shape index (κ2) is 6.80. The summed E-state index contributed by atoms with van der Waals surface area (Å²) in [4.78, 5) is 0. The quantitative estimate of drug-likeness (QED) is 0.872. The fraction of sp³-hybridized carbons (Fsp3) is 0.667. The van der Waals surface area contributed by atoms with Gasteiger partial charge in [-0.3, -0.25) is 0 Å². The third-order valence-corrected chi connectivity index (χ3v) is 5.24. The highest BCUT2D eigenvalue weighted by Gasteiger charge is 2.35. The van der Waals surface area contributed by atoms with Gasteiger partial charge in [0.15, 0.2) is 0 Å². The highest BCUT2D eigenvalue weighted by atomic mass is 16.5. The summed E-state index contributed by atoms with van der Waals surface area (Å²) in [7, 11) is 1.73. The summed E-state index contributed by atoms with van der Waals surface area (Å²) >= 11 is 0. The number of methoxy groups -OCH3 is 1. The molecule has 0 aromatic heterocycles. The number of benzene rings is 1. The predicted octanol–water partition coefficient (Wildman–Crippen LogP) is 3.27. The Kier molecular flexibility index (Phi) is 4.81. The van der Waals surface area contributed by atoms with E-state index in [-0.39, 0.29) is 0 Å². The summed E-state index contributed by atoms with van der Waals surface area (Å²) in [5.41, 5.74) is 1.32. The SMILES string of the molecule is COc1cccc([C@@H](C)NC2CCCC2C2CCCN2)c1. The molecule has 0 bridgehead atoms. The molecule has 116 valence electrons. The number of rotatable bonds is 5. The Balaban J connectivity index is 1.64. The van der Waals surface area contributed by atoms with Crippen LogP contribution in [0.3, 0.4) is 0 Å². The van der Waals surface area contributed by atoms with Crippen molar-refractivity contribution < 1.29 is 4.74 Å². The molecule has 0 radical (unpaired) electrons. The maximum Gasteiger partial charge on any atom is 0.119 e. The molecular formula is C18H28N2O. The summed E-state index contributed by atoms with van der Waals surface area (Å²) in [6.45, 7) is 3.48. The topological polar surface area (TPSA) is 33.3 Å².